The summed E-state index contributed by atoms with van der Waals surface area (Å²) in [6.07, 6.45) is -0.0790. The summed E-state index contributed by atoms with van der Waals surface area (Å²) in [6, 6.07) is 15.9. The molecule has 27 heavy (non-hydrogen) atoms. The number of nitrogen functional groups attached to an aromatic ring is 1. The minimum Gasteiger partial charge on any atom is -0.399 e. The highest BCUT2D eigenvalue weighted by Crippen LogP contribution is 2.35. The molecule has 0 spiro atoms. The predicted molar refractivity (Wildman–Crippen MR) is 112 cm³/mol. The number of halogens is 1. The van der Waals surface area contributed by atoms with Gasteiger partial charge in [0.05, 0.1) is 5.69 Å². The summed E-state index contributed by atoms with van der Waals surface area (Å²) in [5.74, 6) is 0. The Balaban J connectivity index is 1.82. The van der Waals surface area contributed by atoms with E-state index in [1.807, 2.05) is 24.3 Å². The SMILES string of the molecule is [2H]c1nc(Cl)cc(-c2cc(-c3ccc(N)cc3)ccc2N2CCN(C)CC2)n1. The highest BCUT2D eigenvalue weighted by Gasteiger charge is 2.19. The van der Waals surface area contributed by atoms with Gasteiger partial charge >= 0.3 is 0 Å². The molecule has 0 bridgehead atoms. The Morgan fingerprint density at radius 2 is 1.67 bits per heavy atom. The average molecular weight is 381 g/mol. The molecule has 1 saturated heterocycles. The topological polar surface area (TPSA) is 58.3 Å². The van der Waals surface area contributed by atoms with Crippen LogP contribution in [0.5, 0.6) is 0 Å². The molecule has 138 valence electrons. The Hall–Kier alpha value is -2.63. The monoisotopic (exact) mass is 380 g/mol. The van der Waals surface area contributed by atoms with Crippen molar-refractivity contribution in [2.45, 2.75) is 0 Å². The van der Waals surface area contributed by atoms with Crippen LogP contribution in [-0.4, -0.2) is 48.1 Å². The first kappa shape index (κ1) is 16.5. The summed E-state index contributed by atoms with van der Waals surface area (Å²) in [5, 5.41) is 0.275. The fourth-order valence-corrected chi connectivity index (χ4v) is 3.50. The molecule has 0 radical (unpaired) electrons. The largest absolute Gasteiger partial charge is 0.399 e. The van der Waals surface area contributed by atoms with Gasteiger partial charge in [0.15, 0.2) is 0 Å². The molecule has 0 saturated carbocycles. The number of benzene rings is 2. The van der Waals surface area contributed by atoms with E-state index in [9.17, 15) is 0 Å². The molecule has 3 aromatic rings. The van der Waals surface area contributed by atoms with E-state index in [1.54, 1.807) is 6.07 Å². The number of hydrogen-bond donors (Lipinski definition) is 1. The van der Waals surface area contributed by atoms with Crippen molar-refractivity contribution < 1.29 is 1.37 Å². The Labute approximate surface area is 165 Å². The maximum absolute atomic E-state index is 7.87. The number of hydrogen-bond acceptors (Lipinski definition) is 5. The summed E-state index contributed by atoms with van der Waals surface area (Å²) in [4.78, 5) is 12.9. The van der Waals surface area contributed by atoms with E-state index in [0.29, 0.717) is 5.69 Å². The van der Waals surface area contributed by atoms with Crippen molar-refractivity contribution in [3.8, 4) is 22.4 Å². The lowest BCUT2D eigenvalue weighted by atomic mass is 9.99. The molecule has 2 aromatic carbocycles. The number of anilines is 2. The van der Waals surface area contributed by atoms with Crippen molar-refractivity contribution in [1.29, 1.82) is 0 Å². The highest BCUT2D eigenvalue weighted by molar-refractivity contribution is 6.29. The minimum absolute atomic E-state index is 0.0790. The number of likely N-dealkylation sites (N-methyl/N-ethyl adjacent to an activating group) is 1. The molecule has 2 heterocycles. The lowest BCUT2D eigenvalue weighted by Gasteiger charge is -2.35. The van der Waals surface area contributed by atoms with E-state index in [1.165, 1.54) is 0 Å². The second-order valence-corrected chi connectivity index (χ2v) is 7.21. The Morgan fingerprint density at radius 3 is 2.37 bits per heavy atom. The Morgan fingerprint density at radius 1 is 0.963 bits per heavy atom. The molecule has 0 unspecified atom stereocenters. The summed E-state index contributed by atoms with van der Waals surface area (Å²) < 4.78 is 7.87. The molecular weight excluding hydrogens is 358 g/mol. The van der Waals surface area contributed by atoms with Gasteiger partial charge in [0.1, 0.15) is 12.8 Å². The van der Waals surface area contributed by atoms with Crippen molar-refractivity contribution in [2.24, 2.45) is 0 Å². The molecule has 1 fully saturated rings. The van der Waals surface area contributed by atoms with Crippen molar-refractivity contribution in [3.05, 3.63) is 60.0 Å². The van der Waals surface area contributed by atoms with Gasteiger partial charge in [0, 0.05) is 49.2 Å². The fourth-order valence-electron chi connectivity index (χ4n) is 3.36. The van der Waals surface area contributed by atoms with E-state index >= 15 is 0 Å². The number of nitrogens with two attached hydrogens (primary N) is 1. The average Bonchev–Trinajstić information content (AvgIpc) is 2.68. The lowest BCUT2D eigenvalue weighted by molar-refractivity contribution is 0.313. The molecule has 1 aliphatic heterocycles. The van der Waals surface area contributed by atoms with Crippen LogP contribution in [-0.2, 0) is 0 Å². The molecule has 2 N–H and O–H groups in total. The van der Waals surface area contributed by atoms with Crippen LogP contribution in [0.3, 0.4) is 0 Å². The number of rotatable bonds is 3. The third kappa shape index (κ3) is 3.89. The summed E-state index contributed by atoms with van der Waals surface area (Å²) in [6.45, 7) is 3.90. The molecule has 1 aliphatic rings. The number of piperazine rings is 1. The van der Waals surface area contributed by atoms with Crippen molar-refractivity contribution in [3.63, 3.8) is 0 Å². The quantitative estimate of drug-likeness (QED) is 0.553. The molecule has 5 nitrogen and oxygen atoms in total. The summed E-state index contributed by atoms with van der Waals surface area (Å²) >= 11 is 6.13. The molecule has 6 heteroatoms. The van der Waals surface area contributed by atoms with Gasteiger partial charge in [-0.1, -0.05) is 29.8 Å². The first-order valence-electron chi connectivity index (χ1n) is 9.44. The van der Waals surface area contributed by atoms with Crippen LogP contribution in [0.4, 0.5) is 11.4 Å². The highest BCUT2D eigenvalue weighted by atomic mass is 35.5. The molecule has 1 aromatic heterocycles. The van der Waals surface area contributed by atoms with Crippen molar-refractivity contribution in [2.75, 3.05) is 43.9 Å². The fraction of sp³-hybridized carbons (Fsp3) is 0.238. The first-order chi connectivity index (χ1) is 13.5. The third-order valence-electron chi connectivity index (χ3n) is 4.94. The normalized spacial score (nSPS) is 15.6. The molecule has 0 amide bonds. The predicted octanol–water partition coefficient (Wildman–Crippen LogP) is 3.80. The third-order valence-corrected chi connectivity index (χ3v) is 5.14. The van der Waals surface area contributed by atoms with E-state index in [-0.39, 0.29) is 11.5 Å². The van der Waals surface area contributed by atoms with E-state index in [0.717, 1.165) is 54.2 Å². The van der Waals surface area contributed by atoms with Crippen LogP contribution >= 0.6 is 11.6 Å². The van der Waals surface area contributed by atoms with Gasteiger partial charge in [-0.15, -0.1) is 0 Å². The second kappa shape index (κ2) is 7.55. The van der Waals surface area contributed by atoms with Crippen LogP contribution in [0.2, 0.25) is 5.15 Å². The van der Waals surface area contributed by atoms with E-state index < -0.39 is 0 Å². The van der Waals surface area contributed by atoms with Crippen LogP contribution < -0.4 is 10.6 Å². The van der Waals surface area contributed by atoms with Gasteiger partial charge in [0.25, 0.3) is 0 Å². The number of nitrogens with zero attached hydrogens (tertiary/aromatic N) is 4. The van der Waals surface area contributed by atoms with Crippen molar-refractivity contribution in [1.82, 2.24) is 14.9 Å². The van der Waals surface area contributed by atoms with Gasteiger partial charge in [-0.3, -0.25) is 0 Å². The van der Waals surface area contributed by atoms with Gasteiger partial charge in [-0.2, -0.15) is 0 Å². The Kier molecular flexibility index (Phi) is 4.62. The standard InChI is InChI=1S/C21H22ClN5/c1-26-8-10-27(11-9-26)20-7-4-16(15-2-5-17(23)6-3-15)12-18(20)19-13-21(22)25-14-24-19/h2-7,12-14H,8-11,23H2,1H3/i14D. The lowest BCUT2D eigenvalue weighted by Crippen LogP contribution is -2.44. The zero-order valence-corrected chi connectivity index (χ0v) is 15.9. The maximum Gasteiger partial charge on any atom is 0.133 e. The zero-order valence-electron chi connectivity index (χ0n) is 16.2. The van der Waals surface area contributed by atoms with Crippen molar-refractivity contribution >= 4 is 23.0 Å². The van der Waals surface area contributed by atoms with E-state index in [2.05, 4.69) is 45.0 Å². The first-order valence-corrected chi connectivity index (χ1v) is 9.32. The van der Waals surface area contributed by atoms with Crippen LogP contribution in [0.15, 0.2) is 54.8 Å². The van der Waals surface area contributed by atoms with Crippen LogP contribution in [0.25, 0.3) is 22.4 Å². The van der Waals surface area contributed by atoms with Crippen LogP contribution in [0, 0.1) is 0 Å². The molecule has 0 atom stereocenters. The minimum atomic E-state index is -0.0790. The van der Waals surface area contributed by atoms with Crippen LogP contribution in [0.1, 0.15) is 1.37 Å². The summed E-state index contributed by atoms with van der Waals surface area (Å²) in [7, 11) is 2.14. The van der Waals surface area contributed by atoms with Gasteiger partial charge in [0.2, 0.25) is 0 Å². The summed E-state index contributed by atoms with van der Waals surface area (Å²) in [5.41, 5.74) is 11.4. The smallest absolute Gasteiger partial charge is 0.133 e. The molecular formula is C21H22ClN5. The molecule has 4 rings (SSSR count). The van der Waals surface area contributed by atoms with Gasteiger partial charge in [-0.25, -0.2) is 9.97 Å². The Bertz CT molecular complexity index is 964. The molecule has 0 aliphatic carbocycles. The second-order valence-electron chi connectivity index (χ2n) is 6.82. The number of aromatic nitrogens is 2. The van der Waals surface area contributed by atoms with Gasteiger partial charge < -0.3 is 15.5 Å². The van der Waals surface area contributed by atoms with E-state index in [4.69, 9.17) is 18.7 Å². The maximum atomic E-state index is 7.87. The zero-order chi connectivity index (χ0) is 19.7. The van der Waals surface area contributed by atoms with Gasteiger partial charge in [-0.05, 0) is 42.4 Å².